The Morgan fingerprint density at radius 3 is 2.18 bits per heavy atom. The van der Waals surface area contributed by atoms with Gasteiger partial charge in [0.25, 0.3) is 15.6 Å². The Bertz CT molecular complexity index is 1070. The molecule has 24 heteroatoms. The van der Waals surface area contributed by atoms with Gasteiger partial charge >= 0.3 is 118 Å². The van der Waals surface area contributed by atoms with Gasteiger partial charge in [-0.25, -0.2) is 19.3 Å². The summed E-state index contributed by atoms with van der Waals surface area (Å²) in [6.07, 6.45) is -2.30. The first-order chi connectivity index (χ1) is 13.8. The number of phosphoric ester groups is 1. The Balaban J connectivity index is 0. The van der Waals surface area contributed by atoms with E-state index in [-0.39, 0.29) is 124 Å². The number of hydrogen-bond acceptors (Lipinski definition) is 16. The van der Waals surface area contributed by atoms with Gasteiger partial charge in [0.15, 0.2) is 11.9 Å². The molecular formula is C10H11N4Na4O13P3. The van der Waals surface area contributed by atoms with E-state index in [2.05, 4.69) is 28.1 Å². The first kappa shape index (κ1) is 39.0. The van der Waals surface area contributed by atoms with Gasteiger partial charge in [-0.15, -0.1) is 0 Å². The number of hydrogen-bond donors (Lipinski definition) is 2. The van der Waals surface area contributed by atoms with Crippen molar-refractivity contribution in [2.24, 2.45) is 0 Å². The van der Waals surface area contributed by atoms with Crippen molar-refractivity contribution < 1.29 is 180 Å². The Morgan fingerprint density at radius 1 is 0.971 bits per heavy atom. The minimum Gasteiger partial charge on any atom is -0.790 e. The summed E-state index contributed by atoms with van der Waals surface area (Å²) in [6.45, 7) is -1.05. The molecule has 2 unspecified atom stereocenters. The number of fused-ring (bicyclic) bond motifs is 1. The number of ether oxygens (including phenoxy) is 1. The Labute approximate surface area is 280 Å². The molecule has 2 N–H and O–H groups in total. The van der Waals surface area contributed by atoms with E-state index in [1.807, 2.05) is 0 Å². The number of rotatable bonds is 8. The van der Waals surface area contributed by atoms with Gasteiger partial charge in [-0.3, -0.25) is 18.0 Å². The van der Waals surface area contributed by atoms with Crippen LogP contribution in [0.1, 0.15) is 6.23 Å². The average molecular weight is 580 g/mol. The van der Waals surface area contributed by atoms with E-state index < -0.39 is 54.6 Å². The smallest absolute Gasteiger partial charge is 0.790 e. The molecule has 2 aromatic heterocycles. The monoisotopic (exact) mass is 580 g/mol. The molecular weight excluding hydrogens is 569 g/mol. The number of aliphatic hydroxyl groups is 2. The summed E-state index contributed by atoms with van der Waals surface area (Å²) < 4.78 is 50.2. The molecule has 0 aliphatic carbocycles. The summed E-state index contributed by atoms with van der Waals surface area (Å²) >= 11 is 0. The molecule has 6 atom stereocenters. The molecule has 2 aromatic rings. The minimum absolute atomic E-state index is 0. The zero-order chi connectivity index (χ0) is 22.3. The molecule has 0 bridgehead atoms. The number of phosphoric acid groups is 3. The van der Waals surface area contributed by atoms with Crippen molar-refractivity contribution in [3.63, 3.8) is 0 Å². The van der Waals surface area contributed by atoms with Gasteiger partial charge in [0.1, 0.15) is 30.2 Å². The zero-order valence-electron chi connectivity index (χ0n) is 18.3. The third kappa shape index (κ3) is 10.8. The summed E-state index contributed by atoms with van der Waals surface area (Å²) in [4.78, 5) is 54.9. The fraction of sp³-hybridized carbons (Fsp3) is 0.500. The Morgan fingerprint density at radius 2 is 1.59 bits per heavy atom. The van der Waals surface area contributed by atoms with Crippen molar-refractivity contribution in [1.82, 2.24) is 19.5 Å². The number of imidazole rings is 1. The molecule has 1 fully saturated rings. The predicted octanol–water partition coefficient (Wildman–Crippen LogP) is -15.7. The van der Waals surface area contributed by atoms with Crippen LogP contribution in [0.25, 0.3) is 11.2 Å². The maximum absolute atomic E-state index is 11.6. The third-order valence-electron chi connectivity index (χ3n) is 3.65. The standard InChI is InChI=1S/C10H15N4O13P3.4Na/c15-7-6(2-24-29(20,21)27-30(22,23)26-28(17,18)19)25-10(8(7)16)14-4-13-5-1-11-3-12-9(5)14;;;;/h1,3-4,6-8,10,15-16H,2H2,(H,20,21)(H,22,23)(H2,17,18,19);;;;/q;4*+1/p-4/t6-,7-,8-,10-;;;;/m1..../s1. The van der Waals surface area contributed by atoms with E-state index in [0.717, 1.165) is 0 Å². The van der Waals surface area contributed by atoms with Crippen molar-refractivity contribution in [2.75, 3.05) is 6.61 Å². The van der Waals surface area contributed by atoms with Crippen molar-refractivity contribution in [3.8, 4) is 0 Å². The van der Waals surface area contributed by atoms with Crippen molar-refractivity contribution in [2.45, 2.75) is 24.5 Å². The fourth-order valence-electron chi connectivity index (χ4n) is 2.52. The number of aliphatic hydroxyl groups excluding tert-OH is 2. The molecule has 0 spiro atoms. The largest absolute Gasteiger partial charge is 1.00 e. The van der Waals surface area contributed by atoms with E-state index in [1.54, 1.807) is 0 Å². The zero-order valence-corrected chi connectivity index (χ0v) is 28.9. The van der Waals surface area contributed by atoms with E-state index in [1.165, 1.54) is 23.4 Å². The second-order valence-corrected chi connectivity index (χ2v) is 9.98. The first-order valence-corrected chi connectivity index (χ1v) is 12.0. The molecule has 1 aliphatic heterocycles. The molecule has 3 rings (SSSR count). The molecule has 0 amide bonds. The summed E-state index contributed by atoms with van der Waals surface area (Å²) in [7, 11) is -18.0. The van der Waals surface area contributed by atoms with Gasteiger partial charge in [0.2, 0.25) is 0 Å². The molecule has 168 valence electrons. The van der Waals surface area contributed by atoms with Gasteiger partial charge in [-0.1, -0.05) is 0 Å². The second-order valence-electron chi connectivity index (χ2n) is 5.73. The summed E-state index contributed by atoms with van der Waals surface area (Å²) in [5.74, 6) is 0. The minimum atomic E-state index is -6.12. The van der Waals surface area contributed by atoms with Crippen molar-refractivity contribution in [1.29, 1.82) is 0 Å². The van der Waals surface area contributed by atoms with E-state index in [4.69, 9.17) is 4.74 Å². The van der Waals surface area contributed by atoms with Crippen molar-refractivity contribution >= 4 is 34.6 Å². The quantitative estimate of drug-likeness (QED) is 0.217. The average Bonchev–Trinajstić information content (AvgIpc) is 3.12. The van der Waals surface area contributed by atoms with Crippen LogP contribution >= 0.6 is 23.5 Å². The molecule has 17 nitrogen and oxygen atoms in total. The van der Waals surface area contributed by atoms with Crippen LogP contribution in [0.4, 0.5) is 0 Å². The topological polar surface area (TPSA) is 264 Å². The maximum atomic E-state index is 11.6. The van der Waals surface area contributed by atoms with Crippen LogP contribution < -0.4 is 138 Å². The van der Waals surface area contributed by atoms with E-state index >= 15 is 0 Å². The normalized spacial score (nSPS) is 25.6. The van der Waals surface area contributed by atoms with Crippen LogP contribution in [0.2, 0.25) is 0 Å². The van der Waals surface area contributed by atoms with E-state index in [9.17, 15) is 43.5 Å². The summed E-state index contributed by atoms with van der Waals surface area (Å²) in [5, 5.41) is 20.3. The summed E-state index contributed by atoms with van der Waals surface area (Å²) in [6, 6.07) is 0. The Hall–Kier alpha value is 2.84. The van der Waals surface area contributed by atoms with Gasteiger partial charge < -0.3 is 43.6 Å². The molecule has 1 saturated heterocycles. The fourth-order valence-corrected chi connectivity index (χ4v) is 5.38. The van der Waals surface area contributed by atoms with Gasteiger partial charge in [0.05, 0.1) is 27.0 Å². The van der Waals surface area contributed by atoms with Crippen LogP contribution in [0, 0.1) is 0 Å². The maximum Gasteiger partial charge on any atom is 1.00 e. The van der Waals surface area contributed by atoms with Crippen LogP contribution in [-0.4, -0.2) is 54.7 Å². The van der Waals surface area contributed by atoms with E-state index in [0.29, 0.717) is 5.52 Å². The first-order valence-electron chi connectivity index (χ1n) is 7.63. The SMILES string of the molecule is O=P([O-])([O-])OP(=O)([O-])OP(=O)([O-])OC[C@H]1O[C@@H](n2cnc3cncnc32)[C@H](O)[C@@H]1O.[Na+].[Na+].[Na+].[Na+]. The predicted molar refractivity (Wildman–Crippen MR) is 82.2 cm³/mol. The summed E-state index contributed by atoms with van der Waals surface area (Å²) in [5.41, 5.74) is 0.560. The van der Waals surface area contributed by atoms with Gasteiger partial charge in [0, 0.05) is 0 Å². The van der Waals surface area contributed by atoms with Crippen LogP contribution in [0.5, 0.6) is 0 Å². The van der Waals surface area contributed by atoms with Crippen LogP contribution in [-0.2, 0) is 31.6 Å². The van der Waals surface area contributed by atoms with Gasteiger partial charge in [-0.05, 0) is 0 Å². The Kier molecular flexibility index (Phi) is 17.9. The van der Waals surface area contributed by atoms with Gasteiger partial charge in [-0.2, -0.15) is 0 Å². The molecule has 0 radical (unpaired) electrons. The molecule has 1 aliphatic rings. The number of nitrogens with zero attached hydrogens (tertiary/aromatic N) is 4. The molecule has 0 aromatic carbocycles. The molecule has 0 saturated carbocycles. The molecule has 3 heterocycles. The van der Waals surface area contributed by atoms with Crippen molar-refractivity contribution in [3.05, 3.63) is 18.9 Å². The second kappa shape index (κ2) is 15.6. The molecule has 34 heavy (non-hydrogen) atoms. The van der Waals surface area contributed by atoms with Crippen LogP contribution in [0.3, 0.4) is 0 Å². The number of aromatic nitrogens is 4. The third-order valence-corrected chi connectivity index (χ3v) is 7.31. The van der Waals surface area contributed by atoms with Crippen LogP contribution in [0.15, 0.2) is 18.9 Å².